The summed E-state index contributed by atoms with van der Waals surface area (Å²) in [5, 5.41) is 20.8. The molecule has 2 amide bonds. The fraction of sp³-hybridized carbons (Fsp3) is 0.0667. The van der Waals surface area contributed by atoms with Gasteiger partial charge in [-0.1, -0.05) is 97.1 Å². The van der Waals surface area contributed by atoms with E-state index in [0.717, 1.165) is 11.1 Å². The quantitative estimate of drug-likeness (QED) is 0.347. The Kier molecular flexibility index (Phi) is 6.11. The highest BCUT2D eigenvalue weighted by Crippen LogP contribution is 2.28. The highest BCUT2D eigenvalue weighted by molar-refractivity contribution is 6.26. The molecular formula is C30H22N6O2. The average molecular weight is 499 g/mol. The predicted molar refractivity (Wildman–Crippen MR) is 146 cm³/mol. The smallest absolute Gasteiger partial charge is 0.269 e. The summed E-state index contributed by atoms with van der Waals surface area (Å²) in [6.07, 6.45) is 0. The first-order chi connectivity index (χ1) is 18.7. The Bertz CT molecular complexity index is 1430. The number of anilines is 2. The van der Waals surface area contributed by atoms with E-state index in [9.17, 15) is 9.59 Å². The minimum atomic E-state index is -1.01. The molecule has 2 unspecified atom stereocenters. The van der Waals surface area contributed by atoms with Crippen molar-refractivity contribution >= 4 is 34.6 Å². The molecule has 0 radical (unpaired) electrons. The van der Waals surface area contributed by atoms with Crippen molar-refractivity contribution in [1.29, 1.82) is 0 Å². The van der Waals surface area contributed by atoms with Gasteiger partial charge < -0.3 is 0 Å². The minimum absolute atomic E-state index is 0.345. The average Bonchev–Trinajstić information content (AvgIpc) is 3.49. The predicted octanol–water partition coefficient (Wildman–Crippen LogP) is 5.08. The molecule has 0 saturated heterocycles. The van der Waals surface area contributed by atoms with Crippen molar-refractivity contribution < 1.29 is 9.59 Å². The van der Waals surface area contributed by atoms with E-state index in [4.69, 9.17) is 0 Å². The van der Waals surface area contributed by atoms with E-state index in [1.54, 1.807) is 0 Å². The lowest BCUT2D eigenvalue weighted by Gasteiger charge is -2.13. The number of azo groups is 1. The Labute approximate surface area is 219 Å². The van der Waals surface area contributed by atoms with Crippen LogP contribution in [0.2, 0.25) is 0 Å². The third-order valence-electron chi connectivity index (χ3n) is 6.26. The molecule has 38 heavy (non-hydrogen) atoms. The second-order valence-electron chi connectivity index (χ2n) is 8.71. The highest BCUT2D eigenvalue weighted by atomic mass is 16.2. The van der Waals surface area contributed by atoms with Crippen LogP contribution in [-0.4, -0.2) is 35.3 Å². The van der Waals surface area contributed by atoms with Crippen LogP contribution in [0.3, 0.4) is 0 Å². The molecule has 0 spiro atoms. The second kappa shape index (κ2) is 10.0. The maximum atomic E-state index is 13.5. The monoisotopic (exact) mass is 498 g/mol. The molecule has 4 aromatic carbocycles. The molecule has 184 valence electrons. The van der Waals surface area contributed by atoms with Crippen molar-refractivity contribution in [2.75, 3.05) is 10.0 Å². The molecule has 8 heteroatoms. The second-order valence-corrected chi connectivity index (χ2v) is 8.71. The zero-order valence-electron chi connectivity index (χ0n) is 20.2. The molecule has 2 heterocycles. The van der Waals surface area contributed by atoms with Crippen molar-refractivity contribution in [3.8, 4) is 0 Å². The molecule has 0 saturated carbocycles. The summed E-state index contributed by atoms with van der Waals surface area (Å²) in [4.78, 5) is 27.1. The van der Waals surface area contributed by atoms with E-state index < -0.39 is 12.1 Å². The van der Waals surface area contributed by atoms with Gasteiger partial charge in [-0.15, -0.1) is 0 Å². The van der Waals surface area contributed by atoms with Crippen LogP contribution in [0.4, 0.5) is 11.4 Å². The van der Waals surface area contributed by atoms with E-state index in [1.165, 1.54) is 10.0 Å². The summed E-state index contributed by atoms with van der Waals surface area (Å²) in [5.41, 5.74) is 3.69. The number of hydrazone groups is 2. The lowest BCUT2D eigenvalue weighted by atomic mass is 10.0. The van der Waals surface area contributed by atoms with E-state index in [-0.39, 0.29) is 11.8 Å². The Morgan fingerprint density at radius 3 is 1.13 bits per heavy atom. The molecule has 0 aliphatic carbocycles. The van der Waals surface area contributed by atoms with Gasteiger partial charge in [0.25, 0.3) is 11.8 Å². The Morgan fingerprint density at radius 1 is 0.474 bits per heavy atom. The first kappa shape index (κ1) is 23.2. The van der Waals surface area contributed by atoms with Crippen LogP contribution in [0.1, 0.15) is 11.1 Å². The molecule has 0 N–H and O–H groups in total. The normalized spacial score (nSPS) is 19.3. The van der Waals surface area contributed by atoms with Gasteiger partial charge in [0, 0.05) is 11.1 Å². The molecule has 2 aliphatic heterocycles. The summed E-state index contributed by atoms with van der Waals surface area (Å²) < 4.78 is 0. The molecule has 6 rings (SSSR count). The summed E-state index contributed by atoms with van der Waals surface area (Å²) >= 11 is 0. The lowest BCUT2D eigenvalue weighted by molar-refractivity contribution is -0.119. The molecule has 0 bridgehead atoms. The number of carbonyl (C=O) groups is 2. The molecule has 2 atom stereocenters. The molecule has 8 nitrogen and oxygen atoms in total. The van der Waals surface area contributed by atoms with Crippen molar-refractivity contribution in [3.05, 3.63) is 132 Å². The zero-order chi connectivity index (χ0) is 25.9. The molecule has 0 fully saturated rings. The van der Waals surface area contributed by atoms with Crippen molar-refractivity contribution in [2.45, 2.75) is 12.1 Å². The summed E-state index contributed by atoms with van der Waals surface area (Å²) in [5.74, 6) is -0.690. The van der Waals surface area contributed by atoms with Crippen LogP contribution < -0.4 is 10.0 Å². The number of amides is 2. The Morgan fingerprint density at radius 2 is 0.789 bits per heavy atom. The molecule has 4 aromatic rings. The van der Waals surface area contributed by atoms with Gasteiger partial charge in [-0.3, -0.25) is 9.59 Å². The van der Waals surface area contributed by atoms with Crippen LogP contribution in [0.5, 0.6) is 0 Å². The lowest BCUT2D eigenvalue weighted by Crippen LogP contribution is -2.33. The summed E-state index contributed by atoms with van der Waals surface area (Å²) in [7, 11) is 0. The first-order valence-corrected chi connectivity index (χ1v) is 12.2. The highest BCUT2D eigenvalue weighted by Gasteiger charge is 2.41. The number of carbonyl (C=O) groups excluding carboxylic acids is 2. The van der Waals surface area contributed by atoms with Crippen molar-refractivity contribution in [2.24, 2.45) is 20.4 Å². The first-order valence-electron chi connectivity index (χ1n) is 12.2. The number of nitrogens with zero attached hydrogens (tertiary/aromatic N) is 6. The van der Waals surface area contributed by atoms with Gasteiger partial charge in [0.2, 0.25) is 0 Å². The number of hydrogen-bond acceptors (Lipinski definition) is 6. The van der Waals surface area contributed by atoms with Crippen molar-refractivity contribution in [1.82, 2.24) is 0 Å². The molecule has 2 aliphatic rings. The summed E-state index contributed by atoms with van der Waals surface area (Å²) in [6, 6.07) is 35.1. The fourth-order valence-electron chi connectivity index (χ4n) is 4.39. The van der Waals surface area contributed by atoms with Gasteiger partial charge in [-0.05, 0) is 24.3 Å². The van der Waals surface area contributed by atoms with Crippen molar-refractivity contribution in [3.63, 3.8) is 0 Å². The molecular weight excluding hydrogens is 476 g/mol. The number of rotatable bonds is 6. The van der Waals surface area contributed by atoms with Gasteiger partial charge in [-0.2, -0.15) is 30.4 Å². The SMILES string of the molecule is O=C1C(N=NC2C(=O)N(c3ccccc3)N=C2c2ccccc2)C(c2ccccc2)=NN1c1ccccc1. The van der Waals surface area contributed by atoms with E-state index >= 15 is 0 Å². The topological polar surface area (TPSA) is 90.1 Å². The van der Waals surface area contributed by atoms with Crippen LogP contribution in [0.25, 0.3) is 0 Å². The number of hydrogen-bond donors (Lipinski definition) is 0. The third kappa shape index (κ3) is 4.28. The Balaban J connectivity index is 1.38. The number of para-hydroxylation sites is 2. The molecule has 0 aromatic heterocycles. The Hall–Kier alpha value is -5.24. The van der Waals surface area contributed by atoms with Gasteiger partial charge in [-0.25, -0.2) is 0 Å². The standard InChI is InChI=1S/C30H22N6O2/c37-29-27(25(21-13-5-1-6-14-21)33-35(29)23-17-9-3-10-18-23)31-32-28-26(22-15-7-2-8-16-22)34-36(30(28)38)24-19-11-4-12-20-24/h1-20,27-28H. The number of benzene rings is 4. The maximum Gasteiger partial charge on any atom is 0.280 e. The van der Waals surface area contributed by atoms with Gasteiger partial charge >= 0.3 is 0 Å². The van der Waals surface area contributed by atoms with Crippen LogP contribution in [0, 0.1) is 0 Å². The van der Waals surface area contributed by atoms with Gasteiger partial charge in [0.15, 0.2) is 12.1 Å². The van der Waals surface area contributed by atoms with Crippen LogP contribution in [0.15, 0.2) is 142 Å². The minimum Gasteiger partial charge on any atom is -0.269 e. The third-order valence-corrected chi connectivity index (χ3v) is 6.26. The maximum absolute atomic E-state index is 13.5. The van der Waals surface area contributed by atoms with E-state index in [2.05, 4.69) is 20.4 Å². The van der Waals surface area contributed by atoms with Crippen LogP contribution >= 0.6 is 0 Å². The van der Waals surface area contributed by atoms with E-state index in [1.807, 2.05) is 121 Å². The largest absolute Gasteiger partial charge is 0.280 e. The van der Waals surface area contributed by atoms with E-state index in [0.29, 0.717) is 22.8 Å². The summed E-state index contributed by atoms with van der Waals surface area (Å²) in [6.45, 7) is 0. The van der Waals surface area contributed by atoms with Crippen LogP contribution in [-0.2, 0) is 9.59 Å². The fourth-order valence-corrected chi connectivity index (χ4v) is 4.39. The van der Waals surface area contributed by atoms with Gasteiger partial charge in [0.1, 0.15) is 11.4 Å². The zero-order valence-corrected chi connectivity index (χ0v) is 20.2. The van der Waals surface area contributed by atoms with Gasteiger partial charge in [0.05, 0.1) is 11.4 Å².